The van der Waals surface area contributed by atoms with Gasteiger partial charge in [0, 0.05) is 21.9 Å². The highest BCUT2D eigenvalue weighted by molar-refractivity contribution is 7.18. The molecule has 5 nitrogen and oxygen atoms in total. The molecule has 114 valence electrons. The van der Waals surface area contributed by atoms with E-state index in [1.54, 1.807) is 34.2 Å². The lowest BCUT2D eigenvalue weighted by atomic mass is 10.2. The number of aromatic nitrogens is 3. The summed E-state index contributed by atoms with van der Waals surface area (Å²) in [7, 11) is 0. The van der Waals surface area contributed by atoms with Crippen molar-refractivity contribution >= 4 is 32.9 Å². The zero-order valence-electron chi connectivity index (χ0n) is 11.9. The van der Waals surface area contributed by atoms with Crippen LogP contribution in [0, 0.1) is 0 Å². The highest BCUT2D eigenvalue weighted by Crippen LogP contribution is 2.33. The van der Waals surface area contributed by atoms with Crippen LogP contribution in [0.3, 0.4) is 0 Å². The Morgan fingerprint density at radius 1 is 1.26 bits per heavy atom. The third-order valence-corrected chi connectivity index (χ3v) is 5.23. The van der Waals surface area contributed by atoms with Gasteiger partial charge in [0.2, 0.25) is 12.7 Å². The monoisotopic (exact) mass is 342 g/mol. The van der Waals surface area contributed by atoms with Crippen molar-refractivity contribution in [2.45, 2.75) is 6.54 Å². The third-order valence-electron chi connectivity index (χ3n) is 3.45. The van der Waals surface area contributed by atoms with E-state index in [-0.39, 0.29) is 11.3 Å². The van der Waals surface area contributed by atoms with Crippen molar-refractivity contribution in [1.29, 1.82) is 0 Å². The van der Waals surface area contributed by atoms with Gasteiger partial charge in [0.25, 0.3) is 5.56 Å². The minimum Gasteiger partial charge on any atom is -0.503 e. The minimum atomic E-state index is -0.129. The van der Waals surface area contributed by atoms with E-state index < -0.39 is 0 Å². The Hall–Kier alpha value is -2.51. The van der Waals surface area contributed by atoms with Gasteiger partial charge in [-0.25, -0.2) is 4.98 Å². The fraction of sp³-hybridized carbons (Fsp3) is 0.0625. The molecule has 0 saturated heterocycles. The van der Waals surface area contributed by atoms with E-state index in [4.69, 9.17) is 0 Å². The molecule has 4 aromatic heterocycles. The number of rotatable bonds is 3. The molecule has 2 N–H and O–H groups in total. The summed E-state index contributed by atoms with van der Waals surface area (Å²) in [4.78, 5) is 21.7. The molecule has 0 spiro atoms. The highest BCUT2D eigenvalue weighted by Gasteiger charge is 2.15. The number of nitrogens with one attached hydrogen (secondary N) is 1. The Bertz CT molecular complexity index is 1040. The number of H-pyrrole nitrogens is 1. The fourth-order valence-corrected chi connectivity index (χ4v) is 4.24. The molecule has 4 heterocycles. The Morgan fingerprint density at radius 2 is 2.17 bits per heavy atom. The molecule has 4 rings (SSSR count). The number of fused-ring (bicyclic) bond motifs is 1. The van der Waals surface area contributed by atoms with Crippen molar-refractivity contribution in [2.24, 2.45) is 0 Å². The Morgan fingerprint density at radius 3 is 2.96 bits per heavy atom. The first-order valence-electron chi connectivity index (χ1n) is 6.93. The van der Waals surface area contributed by atoms with Gasteiger partial charge in [0.05, 0.1) is 5.39 Å². The topological polar surface area (TPSA) is 69.9 Å². The second kappa shape index (κ2) is 5.60. The fourth-order valence-electron chi connectivity index (χ4n) is 2.46. The van der Waals surface area contributed by atoms with Crippen LogP contribution >= 0.6 is 22.7 Å². The van der Waals surface area contributed by atoms with Crippen LogP contribution in [0.4, 0.5) is 0 Å². The van der Waals surface area contributed by atoms with Crippen molar-refractivity contribution in [3.05, 3.63) is 63.6 Å². The summed E-state index contributed by atoms with van der Waals surface area (Å²) in [5.41, 5.74) is 0.806. The van der Waals surface area contributed by atoms with Gasteiger partial charge in [-0.3, -0.25) is 4.79 Å². The van der Waals surface area contributed by atoms with Crippen LogP contribution in [-0.2, 0) is 6.54 Å². The lowest BCUT2D eigenvalue weighted by molar-refractivity contribution is -0.689. The first-order chi connectivity index (χ1) is 11.2. The first kappa shape index (κ1) is 14.1. The predicted octanol–water partition coefficient (Wildman–Crippen LogP) is 2.75. The van der Waals surface area contributed by atoms with Crippen LogP contribution in [0.1, 0.15) is 5.82 Å². The number of aromatic hydroxyl groups is 1. The van der Waals surface area contributed by atoms with E-state index >= 15 is 0 Å². The van der Waals surface area contributed by atoms with Gasteiger partial charge in [-0.05, 0) is 17.5 Å². The summed E-state index contributed by atoms with van der Waals surface area (Å²) in [6.45, 7) is 0.395. The highest BCUT2D eigenvalue weighted by atomic mass is 32.1. The van der Waals surface area contributed by atoms with Gasteiger partial charge in [0.1, 0.15) is 4.83 Å². The Kier molecular flexibility index (Phi) is 3.44. The van der Waals surface area contributed by atoms with Crippen LogP contribution in [0.2, 0.25) is 0 Å². The van der Waals surface area contributed by atoms with Crippen molar-refractivity contribution in [3.8, 4) is 16.2 Å². The zero-order valence-corrected chi connectivity index (χ0v) is 13.5. The molecule has 0 aliphatic rings. The molecule has 0 aliphatic carbocycles. The average molecular weight is 342 g/mol. The van der Waals surface area contributed by atoms with Crippen LogP contribution in [-0.4, -0.2) is 15.1 Å². The Labute approximate surface area is 139 Å². The molecule has 0 aromatic carbocycles. The molecule has 0 aliphatic heterocycles. The predicted molar refractivity (Wildman–Crippen MR) is 91.0 cm³/mol. The van der Waals surface area contributed by atoms with E-state index in [1.165, 1.54) is 11.3 Å². The normalized spacial score (nSPS) is 11.1. The summed E-state index contributed by atoms with van der Waals surface area (Å²) in [6.07, 6.45) is 3.41. The summed E-state index contributed by atoms with van der Waals surface area (Å²) >= 11 is 3.08. The maximum Gasteiger partial charge on any atom is 0.260 e. The molecule has 0 fully saturated rings. The molecule has 4 aromatic rings. The first-order valence-corrected chi connectivity index (χ1v) is 8.69. The van der Waals surface area contributed by atoms with Crippen molar-refractivity contribution < 1.29 is 9.67 Å². The van der Waals surface area contributed by atoms with Gasteiger partial charge in [-0.2, -0.15) is 4.57 Å². The molecule has 7 heteroatoms. The molecular formula is C16H12N3O2S2+. The lowest BCUT2D eigenvalue weighted by Crippen LogP contribution is -2.34. The molecule has 23 heavy (non-hydrogen) atoms. The SMILES string of the molecule is O=c1[nH]c(C[n+]2cccc(O)c2)nc2scc(-c3cccs3)c12. The summed E-state index contributed by atoms with van der Waals surface area (Å²) < 4.78 is 1.77. The molecule has 0 atom stereocenters. The third kappa shape index (κ3) is 2.64. The molecule has 0 unspecified atom stereocenters. The summed E-state index contributed by atoms with van der Waals surface area (Å²) in [5.74, 6) is 0.740. The van der Waals surface area contributed by atoms with Crippen LogP contribution in [0.5, 0.6) is 5.75 Å². The Balaban J connectivity index is 1.78. The van der Waals surface area contributed by atoms with Crippen molar-refractivity contribution in [1.82, 2.24) is 9.97 Å². The van der Waals surface area contributed by atoms with Gasteiger partial charge in [-0.1, -0.05) is 6.07 Å². The number of hydrogen-bond acceptors (Lipinski definition) is 5. The van der Waals surface area contributed by atoms with Gasteiger partial charge < -0.3 is 10.1 Å². The molecule has 0 amide bonds. The number of nitrogens with zero attached hydrogens (tertiary/aromatic N) is 2. The van der Waals surface area contributed by atoms with Crippen molar-refractivity contribution in [2.75, 3.05) is 0 Å². The standard InChI is InChI=1S/C16H11N3O2S2/c20-10-3-1-5-19(7-10)8-13-17-15(21)14-11(9-23-16(14)18-13)12-4-2-6-22-12/h1-7,9H,8H2,(H-,17,18,20,21)/p+1. The van der Waals surface area contributed by atoms with E-state index in [9.17, 15) is 9.90 Å². The lowest BCUT2D eigenvalue weighted by Gasteiger charge is -1.99. The quantitative estimate of drug-likeness (QED) is 0.563. The van der Waals surface area contributed by atoms with E-state index in [2.05, 4.69) is 9.97 Å². The van der Waals surface area contributed by atoms with E-state index in [0.29, 0.717) is 17.8 Å². The van der Waals surface area contributed by atoms with Gasteiger partial charge in [0.15, 0.2) is 17.8 Å². The molecule has 0 radical (unpaired) electrons. The van der Waals surface area contributed by atoms with Crippen LogP contribution in [0.15, 0.2) is 52.2 Å². The summed E-state index contributed by atoms with van der Waals surface area (Å²) in [6, 6.07) is 7.31. The number of pyridine rings is 1. The average Bonchev–Trinajstić information content (AvgIpc) is 3.15. The summed E-state index contributed by atoms with van der Waals surface area (Å²) in [5, 5.41) is 14.1. The second-order valence-corrected chi connectivity index (χ2v) is 6.86. The van der Waals surface area contributed by atoms with Crippen LogP contribution < -0.4 is 10.1 Å². The molecule has 0 bridgehead atoms. The molecular weight excluding hydrogens is 330 g/mol. The number of aromatic amines is 1. The van der Waals surface area contributed by atoms with Crippen molar-refractivity contribution in [3.63, 3.8) is 0 Å². The maximum absolute atomic E-state index is 12.5. The maximum atomic E-state index is 12.5. The molecule has 0 saturated carbocycles. The van der Waals surface area contributed by atoms with Gasteiger partial charge >= 0.3 is 0 Å². The number of hydrogen-bond donors (Lipinski definition) is 2. The van der Waals surface area contributed by atoms with E-state index in [0.717, 1.165) is 15.3 Å². The van der Waals surface area contributed by atoms with E-state index in [1.807, 2.05) is 29.1 Å². The zero-order chi connectivity index (χ0) is 15.8. The van der Waals surface area contributed by atoms with Crippen LogP contribution in [0.25, 0.3) is 20.7 Å². The second-order valence-electron chi connectivity index (χ2n) is 5.05. The number of thiophene rings is 2. The van der Waals surface area contributed by atoms with Gasteiger partial charge in [-0.15, -0.1) is 22.7 Å². The smallest absolute Gasteiger partial charge is 0.260 e. The largest absolute Gasteiger partial charge is 0.503 e. The minimum absolute atomic E-state index is 0.129.